The fourth-order valence-electron chi connectivity index (χ4n) is 3.48. The maximum Gasteiger partial charge on any atom is 0.264 e. The summed E-state index contributed by atoms with van der Waals surface area (Å²) in [6.07, 6.45) is 1.63. The Labute approximate surface area is 182 Å². The van der Waals surface area contributed by atoms with E-state index in [0.717, 1.165) is 42.4 Å². The Hall–Kier alpha value is -2.65. The van der Waals surface area contributed by atoms with E-state index in [4.69, 9.17) is 4.74 Å². The second kappa shape index (κ2) is 10.1. The van der Waals surface area contributed by atoms with Gasteiger partial charge in [-0.2, -0.15) is 0 Å². The fourth-order valence-corrected chi connectivity index (χ4v) is 4.90. The number of sulfonamides is 1. The SMILES string of the molecule is CCOc1ccc(N(CC(=O)NC2CCN(C)CC2)S(=O)(=O)c2ccc(F)cc2)cc1. The van der Waals surface area contributed by atoms with Gasteiger partial charge in [0.1, 0.15) is 18.1 Å². The molecule has 0 unspecified atom stereocenters. The standard InChI is InChI=1S/C22H28FN3O4S/c1-3-30-20-8-6-19(7-9-20)26(31(28,29)21-10-4-17(23)5-11-21)16-22(27)24-18-12-14-25(2)15-13-18/h4-11,18H,3,12-16H2,1-2H3,(H,24,27). The van der Waals surface area contributed by atoms with Crippen molar-refractivity contribution >= 4 is 21.6 Å². The molecule has 7 nitrogen and oxygen atoms in total. The number of hydrogen-bond donors (Lipinski definition) is 1. The lowest BCUT2D eigenvalue weighted by molar-refractivity contribution is -0.120. The number of rotatable bonds is 8. The number of anilines is 1. The topological polar surface area (TPSA) is 79.0 Å². The third-order valence-electron chi connectivity index (χ3n) is 5.21. The summed E-state index contributed by atoms with van der Waals surface area (Å²) in [5.41, 5.74) is 0.325. The van der Waals surface area contributed by atoms with Gasteiger partial charge in [-0.25, -0.2) is 12.8 Å². The van der Waals surface area contributed by atoms with Crippen LogP contribution >= 0.6 is 0 Å². The van der Waals surface area contributed by atoms with Crippen molar-refractivity contribution in [2.45, 2.75) is 30.7 Å². The zero-order chi connectivity index (χ0) is 22.4. The van der Waals surface area contributed by atoms with Crippen LogP contribution in [0.25, 0.3) is 0 Å². The van der Waals surface area contributed by atoms with Crippen molar-refractivity contribution in [2.24, 2.45) is 0 Å². The number of benzene rings is 2. The van der Waals surface area contributed by atoms with Crippen LogP contribution in [-0.2, 0) is 14.8 Å². The molecule has 0 spiro atoms. The molecule has 2 aromatic carbocycles. The first-order valence-electron chi connectivity index (χ1n) is 10.3. The van der Waals surface area contributed by atoms with E-state index in [2.05, 4.69) is 10.2 Å². The summed E-state index contributed by atoms with van der Waals surface area (Å²) in [6, 6.07) is 11.1. The molecule has 1 fully saturated rings. The quantitative estimate of drug-likeness (QED) is 0.670. The smallest absolute Gasteiger partial charge is 0.264 e. The van der Waals surface area contributed by atoms with Crippen molar-refractivity contribution in [3.05, 3.63) is 54.3 Å². The van der Waals surface area contributed by atoms with E-state index in [9.17, 15) is 17.6 Å². The first kappa shape index (κ1) is 23.0. The molecule has 1 N–H and O–H groups in total. The third kappa shape index (κ3) is 5.95. The summed E-state index contributed by atoms with van der Waals surface area (Å²) in [5, 5.41) is 2.95. The number of likely N-dealkylation sites (tertiary alicyclic amines) is 1. The summed E-state index contributed by atoms with van der Waals surface area (Å²) in [7, 11) is -2.06. The molecule has 1 heterocycles. The second-order valence-corrected chi connectivity index (χ2v) is 9.40. The molecule has 2 aromatic rings. The fraction of sp³-hybridized carbons (Fsp3) is 0.409. The van der Waals surface area contributed by atoms with Gasteiger partial charge >= 0.3 is 0 Å². The summed E-state index contributed by atoms with van der Waals surface area (Å²) < 4.78 is 46.4. The van der Waals surface area contributed by atoms with E-state index in [1.165, 1.54) is 12.1 Å². The summed E-state index contributed by atoms with van der Waals surface area (Å²) >= 11 is 0. The number of nitrogens with zero attached hydrogens (tertiary/aromatic N) is 2. The molecule has 168 valence electrons. The molecule has 0 aromatic heterocycles. The highest BCUT2D eigenvalue weighted by Gasteiger charge is 2.28. The Morgan fingerprint density at radius 2 is 1.74 bits per heavy atom. The molecule has 1 amide bonds. The number of carbonyl (C=O) groups is 1. The average molecular weight is 450 g/mol. The van der Waals surface area contributed by atoms with Crippen molar-refractivity contribution < 1.29 is 22.3 Å². The molecular weight excluding hydrogens is 421 g/mol. The van der Waals surface area contributed by atoms with Crippen molar-refractivity contribution in [2.75, 3.05) is 37.6 Å². The largest absolute Gasteiger partial charge is 0.494 e. The molecule has 31 heavy (non-hydrogen) atoms. The molecule has 0 aliphatic carbocycles. The summed E-state index contributed by atoms with van der Waals surface area (Å²) in [6.45, 7) is 3.71. The van der Waals surface area contributed by atoms with Gasteiger partial charge in [0.05, 0.1) is 17.2 Å². The Morgan fingerprint density at radius 3 is 2.32 bits per heavy atom. The minimum Gasteiger partial charge on any atom is -0.494 e. The summed E-state index contributed by atoms with van der Waals surface area (Å²) in [4.78, 5) is 14.9. The van der Waals surface area contributed by atoms with Crippen LogP contribution in [0.1, 0.15) is 19.8 Å². The van der Waals surface area contributed by atoms with Crippen molar-refractivity contribution in [1.29, 1.82) is 0 Å². The van der Waals surface area contributed by atoms with Gasteiger partial charge < -0.3 is 15.0 Å². The molecular formula is C22H28FN3O4S. The molecule has 0 bridgehead atoms. The number of ether oxygens (including phenoxy) is 1. The van der Waals surface area contributed by atoms with Crippen LogP contribution in [0.5, 0.6) is 5.75 Å². The predicted octanol–water partition coefficient (Wildman–Crippen LogP) is 2.63. The van der Waals surface area contributed by atoms with E-state index >= 15 is 0 Å². The molecule has 0 atom stereocenters. The van der Waals surface area contributed by atoms with E-state index in [0.29, 0.717) is 18.0 Å². The van der Waals surface area contributed by atoms with E-state index in [1.54, 1.807) is 24.3 Å². The van der Waals surface area contributed by atoms with Gasteiger partial charge in [-0.1, -0.05) is 0 Å². The predicted molar refractivity (Wildman–Crippen MR) is 117 cm³/mol. The molecule has 0 saturated carbocycles. The first-order valence-corrected chi connectivity index (χ1v) is 11.7. The minimum atomic E-state index is -4.08. The Morgan fingerprint density at radius 1 is 1.13 bits per heavy atom. The number of hydrogen-bond acceptors (Lipinski definition) is 5. The lowest BCUT2D eigenvalue weighted by atomic mass is 10.1. The molecule has 3 rings (SSSR count). The van der Waals surface area contributed by atoms with E-state index < -0.39 is 15.8 Å². The van der Waals surface area contributed by atoms with Gasteiger partial charge in [-0.15, -0.1) is 0 Å². The third-order valence-corrected chi connectivity index (χ3v) is 7.00. The lowest BCUT2D eigenvalue weighted by Gasteiger charge is -2.30. The van der Waals surface area contributed by atoms with Crippen LogP contribution in [0, 0.1) is 5.82 Å². The zero-order valence-electron chi connectivity index (χ0n) is 17.8. The summed E-state index contributed by atoms with van der Waals surface area (Å²) in [5.74, 6) is -0.318. The van der Waals surface area contributed by atoms with Gasteiger partial charge in [0, 0.05) is 6.04 Å². The van der Waals surface area contributed by atoms with Crippen LogP contribution in [0.15, 0.2) is 53.4 Å². The van der Waals surface area contributed by atoms with Gasteiger partial charge in [-0.05, 0) is 88.4 Å². The molecule has 1 saturated heterocycles. The maximum absolute atomic E-state index is 13.3. The number of carbonyl (C=O) groups excluding carboxylic acids is 1. The number of nitrogens with one attached hydrogen (secondary N) is 1. The number of piperidine rings is 1. The molecule has 1 aliphatic rings. The maximum atomic E-state index is 13.3. The highest BCUT2D eigenvalue weighted by molar-refractivity contribution is 7.92. The van der Waals surface area contributed by atoms with E-state index in [1.807, 2.05) is 14.0 Å². The van der Waals surface area contributed by atoms with Crippen LogP contribution in [0.2, 0.25) is 0 Å². The van der Waals surface area contributed by atoms with Crippen LogP contribution < -0.4 is 14.4 Å². The second-order valence-electron chi connectivity index (χ2n) is 7.54. The zero-order valence-corrected chi connectivity index (χ0v) is 18.6. The highest BCUT2D eigenvalue weighted by Crippen LogP contribution is 2.26. The number of amides is 1. The Kier molecular flexibility index (Phi) is 7.50. The molecule has 1 aliphatic heterocycles. The van der Waals surface area contributed by atoms with Gasteiger partial charge in [0.2, 0.25) is 5.91 Å². The Balaban J connectivity index is 1.84. The van der Waals surface area contributed by atoms with Gasteiger partial charge in [0.25, 0.3) is 10.0 Å². The Bertz CT molecular complexity index is 973. The van der Waals surface area contributed by atoms with Gasteiger partial charge in [-0.3, -0.25) is 9.10 Å². The van der Waals surface area contributed by atoms with Crippen LogP contribution in [-0.4, -0.2) is 58.6 Å². The van der Waals surface area contributed by atoms with Crippen LogP contribution in [0.3, 0.4) is 0 Å². The monoisotopic (exact) mass is 449 g/mol. The van der Waals surface area contributed by atoms with Crippen LogP contribution in [0.4, 0.5) is 10.1 Å². The van der Waals surface area contributed by atoms with Crippen molar-refractivity contribution in [3.8, 4) is 5.75 Å². The number of halogens is 1. The lowest BCUT2D eigenvalue weighted by Crippen LogP contribution is -2.47. The van der Waals surface area contributed by atoms with E-state index in [-0.39, 0.29) is 23.4 Å². The highest BCUT2D eigenvalue weighted by atomic mass is 32.2. The van der Waals surface area contributed by atoms with Gasteiger partial charge in [0.15, 0.2) is 0 Å². The minimum absolute atomic E-state index is 0.0133. The average Bonchev–Trinajstić information content (AvgIpc) is 2.75. The van der Waals surface area contributed by atoms with Crippen molar-refractivity contribution in [1.82, 2.24) is 10.2 Å². The van der Waals surface area contributed by atoms with Crippen molar-refractivity contribution in [3.63, 3.8) is 0 Å². The molecule has 0 radical (unpaired) electrons. The molecule has 9 heteroatoms. The first-order chi connectivity index (χ1) is 14.8. The normalized spacial score (nSPS) is 15.5.